The number of nitrogens with one attached hydrogen (secondary N) is 2. The third kappa shape index (κ3) is 9.45. The summed E-state index contributed by atoms with van der Waals surface area (Å²) >= 11 is 1.41. The summed E-state index contributed by atoms with van der Waals surface area (Å²) in [6.45, 7) is 6.96. The van der Waals surface area contributed by atoms with Crippen molar-refractivity contribution in [3.8, 4) is 0 Å². The van der Waals surface area contributed by atoms with E-state index in [0.717, 1.165) is 11.1 Å². The highest BCUT2D eigenvalue weighted by Gasteiger charge is 2.40. The van der Waals surface area contributed by atoms with Gasteiger partial charge >= 0.3 is 5.97 Å². The van der Waals surface area contributed by atoms with E-state index in [1.54, 1.807) is 38.1 Å². The Balaban J connectivity index is 1.70. The van der Waals surface area contributed by atoms with Crippen LogP contribution in [-0.2, 0) is 41.6 Å². The lowest BCUT2D eigenvalue weighted by atomic mass is 10.0. The van der Waals surface area contributed by atoms with E-state index in [2.05, 4.69) is 10.6 Å². The smallest absolute Gasteiger partial charge is 0.377 e. The van der Waals surface area contributed by atoms with Crippen molar-refractivity contribution in [1.29, 1.82) is 0 Å². The van der Waals surface area contributed by atoms with Gasteiger partial charge in [-0.25, -0.2) is 4.79 Å². The van der Waals surface area contributed by atoms with Gasteiger partial charge in [-0.1, -0.05) is 74.5 Å². The van der Waals surface area contributed by atoms with Crippen LogP contribution < -0.4 is 10.6 Å². The zero-order valence-corrected chi connectivity index (χ0v) is 24.8. The lowest BCUT2D eigenvalue weighted by Crippen LogP contribution is -2.57. The first kappa shape index (κ1) is 31.9. The number of rotatable bonds is 13. The molecular formula is C31H39N3O6S. The van der Waals surface area contributed by atoms with Crippen LogP contribution in [0.2, 0.25) is 0 Å². The van der Waals surface area contributed by atoms with Gasteiger partial charge < -0.3 is 20.3 Å². The maximum absolute atomic E-state index is 13.6. The quantitative estimate of drug-likeness (QED) is 0.276. The molecule has 0 aromatic heterocycles. The van der Waals surface area contributed by atoms with E-state index in [9.17, 15) is 24.0 Å². The molecule has 0 spiro atoms. The number of carbonyl (C=O) groups excluding carboxylic acids is 5. The zero-order valence-electron chi connectivity index (χ0n) is 24.0. The fourth-order valence-electron chi connectivity index (χ4n) is 4.46. The second kappa shape index (κ2) is 15.4. The number of amides is 3. The molecule has 1 fully saturated rings. The van der Waals surface area contributed by atoms with E-state index in [1.807, 2.05) is 50.2 Å². The highest BCUT2D eigenvalue weighted by atomic mass is 32.2. The Kier molecular flexibility index (Phi) is 11.9. The Morgan fingerprint density at radius 1 is 0.902 bits per heavy atom. The van der Waals surface area contributed by atoms with Crippen molar-refractivity contribution in [1.82, 2.24) is 15.5 Å². The Labute approximate surface area is 245 Å². The highest BCUT2D eigenvalue weighted by Crippen LogP contribution is 2.24. The van der Waals surface area contributed by atoms with E-state index in [4.69, 9.17) is 4.74 Å². The van der Waals surface area contributed by atoms with Gasteiger partial charge in [-0.3, -0.25) is 19.2 Å². The fraction of sp³-hybridized carbons (Fsp3) is 0.452. The number of carbonyl (C=O) groups is 5. The number of thioether (sulfide) groups is 1. The van der Waals surface area contributed by atoms with E-state index in [-0.39, 0.29) is 36.5 Å². The summed E-state index contributed by atoms with van der Waals surface area (Å²) in [6.07, 6.45) is 0.384. The van der Waals surface area contributed by atoms with Gasteiger partial charge in [-0.05, 0) is 37.3 Å². The van der Waals surface area contributed by atoms with Gasteiger partial charge in [0.2, 0.25) is 17.7 Å². The number of ketones is 1. The number of Topliss-reactive ketones (excluding diaryl/α,β-unsaturated/α-hetero) is 1. The average Bonchev–Trinajstić information content (AvgIpc) is 3.44. The van der Waals surface area contributed by atoms with Gasteiger partial charge in [0.25, 0.3) is 5.78 Å². The van der Waals surface area contributed by atoms with Gasteiger partial charge in [0.1, 0.15) is 18.1 Å². The van der Waals surface area contributed by atoms with Crippen molar-refractivity contribution in [2.45, 2.75) is 71.2 Å². The Hall–Kier alpha value is -3.66. The number of ether oxygens (including phenoxy) is 1. The fourth-order valence-corrected chi connectivity index (χ4v) is 5.62. The predicted molar refractivity (Wildman–Crippen MR) is 158 cm³/mol. The van der Waals surface area contributed by atoms with Crippen molar-refractivity contribution in [2.75, 3.05) is 11.6 Å². The monoisotopic (exact) mass is 581 g/mol. The molecule has 0 saturated carbocycles. The van der Waals surface area contributed by atoms with Crippen LogP contribution in [0.15, 0.2) is 60.7 Å². The number of nitrogens with zero attached hydrogens (tertiary/aromatic N) is 1. The first-order chi connectivity index (χ1) is 19.6. The number of hydrogen-bond acceptors (Lipinski definition) is 7. The average molecular weight is 582 g/mol. The van der Waals surface area contributed by atoms with Crippen LogP contribution >= 0.6 is 11.8 Å². The normalized spacial score (nSPS) is 16.2. The SMILES string of the molecule is CC(C)OC(=O)C(=O)[C@H](Cc1ccccc1)NC(=O)[C@@H]1CSCN1C(=O)[C@@H](NC(=O)CCc1ccccc1)C(C)C. The molecule has 2 aromatic carbocycles. The van der Waals surface area contributed by atoms with Crippen molar-refractivity contribution < 1.29 is 28.7 Å². The minimum Gasteiger partial charge on any atom is -0.457 e. The molecule has 3 atom stereocenters. The lowest BCUT2D eigenvalue weighted by molar-refractivity contribution is -0.158. The van der Waals surface area contributed by atoms with Crippen molar-refractivity contribution in [2.24, 2.45) is 5.92 Å². The Morgan fingerprint density at radius 2 is 1.51 bits per heavy atom. The van der Waals surface area contributed by atoms with E-state index >= 15 is 0 Å². The van der Waals surface area contributed by atoms with Gasteiger partial charge in [-0.15, -0.1) is 11.8 Å². The van der Waals surface area contributed by atoms with Crippen LogP contribution in [0.5, 0.6) is 0 Å². The highest BCUT2D eigenvalue weighted by molar-refractivity contribution is 7.99. The molecule has 0 radical (unpaired) electrons. The molecule has 0 aliphatic carbocycles. The number of esters is 1. The van der Waals surface area contributed by atoms with E-state index in [0.29, 0.717) is 12.2 Å². The molecule has 1 aliphatic heterocycles. The Bertz CT molecular complexity index is 1200. The Morgan fingerprint density at radius 3 is 2.10 bits per heavy atom. The van der Waals surface area contributed by atoms with Gasteiger partial charge in [0.15, 0.2) is 0 Å². The summed E-state index contributed by atoms with van der Waals surface area (Å²) in [7, 11) is 0. The molecule has 0 bridgehead atoms. The molecule has 220 valence electrons. The van der Waals surface area contributed by atoms with Crippen LogP contribution in [0.25, 0.3) is 0 Å². The largest absolute Gasteiger partial charge is 0.457 e. The number of hydrogen-bond donors (Lipinski definition) is 2. The maximum Gasteiger partial charge on any atom is 0.377 e. The van der Waals surface area contributed by atoms with E-state index < -0.39 is 41.9 Å². The maximum atomic E-state index is 13.6. The minimum absolute atomic E-state index is 0.0957. The van der Waals surface area contributed by atoms with Crippen LogP contribution in [0, 0.1) is 5.92 Å². The van der Waals surface area contributed by atoms with Gasteiger partial charge in [-0.2, -0.15) is 0 Å². The summed E-state index contributed by atoms with van der Waals surface area (Å²) in [5, 5.41) is 5.57. The first-order valence-electron chi connectivity index (χ1n) is 13.9. The number of aryl methyl sites for hydroxylation is 1. The molecule has 41 heavy (non-hydrogen) atoms. The molecule has 2 aromatic rings. The molecule has 1 heterocycles. The van der Waals surface area contributed by atoms with Gasteiger partial charge in [0, 0.05) is 18.6 Å². The summed E-state index contributed by atoms with van der Waals surface area (Å²) < 4.78 is 5.09. The third-order valence-electron chi connectivity index (χ3n) is 6.66. The third-order valence-corrected chi connectivity index (χ3v) is 7.67. The van der Waals surface area contributed by atoms with Crippen LogP contribution in [0.1, 0.15) is 45.2 Å². The molecule has 3 rings (SSSR count). The second-order valence-electron chi connectivity index (χ2n) is 10.7. The van der Waals surface area contributed by atoms with Crippen molar-refractivity contribution in [3.05, 3.63) is 71.8 Å². The summed E-state index contributed by atoms with van der Waals surface area (Å²) in [5.74, 6) is -2.63. The zero-order chi connectivity index (χ0) is 29.9. The number of benzene rings is 2. The summed E-state index contributed by atoms with van der Waals surface area (Å²) in [5.41, 5.74) is 1.79. The molecule has 10 heteroatoms. The molecule has 3 amide bonds. The van der Waals surface area contributed by atoms with Crippen LogP contribution in [-0.4, -0.2) is 70.2 Å². The predicted octanol–water partition coefficient (Wildman–Crippen LogP) is 2.91. The lowest BCUT2D eigenvalue weighted by Gasteiger charge is -2.30. The second-order valence-corrected chi connectivity index (χ2v) is 11.7. The standard InChI is InChI=1S/C31H39N3O6S/c1-20(2)27(33-26(35)16-15-22-11-7-5-8-12-22)30(38)34-19-41-18-25(34)29(37)32-24(17-23-13-9-6-10-14-23)28(36)31(39)40-21(3)4/h5-14,20-21,24-25,27H,15-19H2,1-4H3,(H,32,37)(H,33,35)/t24-,25-,27-/m0/s1. The molecule has 0 unspecified atom stereocenters. The van der Waals surface area contributed by atoms with Crippen LogP contribution in [0.3, 0.4) is 0 Å². The molecular weight excluding hydrogens is 542 g/mol. The first-order valence-corrected chi connectivity index (χ1v) is 15.0. The van der Waals surface area contributed by atoms with Crippen molar-refractivity contribution >= 4 is 41.2 Å². The van der Waals surface area contributed by atoms with Crippen LogP contribution in [0.4, 0.5) is 0 Å². The van der Waals surface area contributed by atoms with Crippen molar-refractivity contribution in [3.63, 3.8) is 0 Å². The van der Waals surface area contributed by atoms with E-state index in [1.165, 1.54) is 16.7 Å². The topological polar surface area (TPSA) is 122 Å². The summed E-state index contributed by atoms with van der Waals surface area (Å²) in [6, 6.07) is 15.8. The summed E-state index contributed by atoms with van der Waals surface area (Å²) in [4.78, 5) is 66.7. The molecule has 9 nitrogen and oxygen atoms in total. The minimum atomic E-state index is -1.16. The molecule has 1 saturated heterocycles. The molecule has 1 aliphatic rings. The molecule has 2 N–H and O–H groups in total. The van der Waals surface area contributed by atoms with Gasteiger partial charge in [0.05, 0.1) is 12.0 Å².